The van der Waals surface area contributed by atoms with Crippen LogP contribution >= 0.6 is 0 Å². The summed E-state index contributed by atoms with van der Waals surface area (Å²) < 4.78 is 2.86. The molecular weight excluding hydrogens is 333 g/mol. The zero-order valence-corrected chi connectivity index (χ0v) is 9.57. The van der Waals surface area contributed by atoms with Crippen molar-refractivity contribution in [2.75, 3.05) is 0 Å². The average Bonchev–Trinajstić information content (AvgIpc) is 1.61. The summed E-state index contributed by atoms with van der Waals surface area (Å²) in [5, 5.41) is 0. The molecule has 0 nitrogen and oxygen atoms in total. The Morgan fingerprint density at radius 2 is 2.14 bits per heavy atom. The van der Waals surface area contributed by atoms with Crippen molar-refractivity contribution in [1.29, 1.82) is 0 Å². The molecule has 0 bridgehead atoms. The van der Waals surface area contributed by atoms with Gasteiger partial charge in [0.1, 0.15) is 0 Å². The van der Waals surface area contributed by atoms with Crippen LogP contribution in [0.3, 0.4) is 0 Å². The molecule has 0 saturated carbocycles. The van der Waals surface area contributed by atoms with E-state index in [0.29, 0.717) is 0 Å². The molecule has 0 fully saturated rings. The van der Waals surface area contributed by atoms with E-state index in [-0.39, 0.29) is 32.7 Å². The number of rotatable bonds is 2. The Labute approximate surface area is 80.4 Å². The van der Waals surface area contributed by atoms with Gasteiger partial charge < -0.3 is 0 Å². The van der Waals surface area contributed by atoms with Crippen LogP contribution in [0.15, 0.2) is 18.2 Å². The first-order valence-corrected chi connectivity index (χ1v) is 2.96. The van der Waals surface area contributed by atoms with Crippen molar-refractivity contribution in [1.82, 2.24) is 0 Å². The molecule has 7 heavy (non-hydrogen) atoms. The largest absolute Gasteiger partial charge is 0 e. The van der Waals surface area contributed by atoms with Gasteiger partial charge in [0, 0.05) is 32.7 Å². The van der Waals surface area contributed by atoms with Crippen molar-refractivity contribution in [2.24, 2.45) is 0 Å². The van der Waals surface area contributed by atoms with Crippen molar-refractivity contribution in [3.63, 3.8) is 0 Å². The fraction of sp³-hybridized carbons (Fsp3) is 0. The molecule has 1 radical (unpaired) electrons. The molecule has 0 aliphatic carbocycles. The predicted molar refractivity (Wildman–Crippen MR) is 23.0 cm³/mol. The molecule has 0 unspecified atom stereocenters. The Bertz CT molecular complexity index is 66.1. The number of hydrogen-bond donors (Lipinski definition) is 0. The second kappa shape index (κ2) is 10.2. The summed E-state index contributed by atoms with van der Waals surface area (Å²) in [7, 11) is 0. The zero-order chi connectivity index (χ0) is 4.83. The second-order valence-corrected chi connectivity index (χ2v) is 1.52. The van der Waals surface area contributed by atoms with E-state index in [0.717, 1.165) is 0 Å². The van der Waals surface area contributed by atoms with E-state index in [9.17, 15) is 0 Å². The van der Waals surface area contributed by atoms with Crippen molar-refractivity contribution < 1.29 is 52.1 Å². The molecule has 0 saturated heterocycles. The molecule has 0 heterocycles. The van der Waals surface area contributed by atoms with Gasteiger partial charge in [0.25, 0.3) is 0 Å². The van der Waals surface area contributed by atoms with Crippen LogP contribution in [0.5, 0.6) is 0 Å². The van der Waals surface area contributed by atoms with Crippen LogP contribution in [0.2, 0.25) is 0 Å². The Hall–Kier alpha value is 1.14. The van der Waals surface area contributed by atoms with E-state index in [1.807, 2.05) is 0 Å². The van der Waals surface area contributed by atoms with Gasteiger partial charge in [-0.15, -0.1) is 0 Å². The summed E-state index contributed by atoms with van der Waals surface area (Å²) in [5.74, 6) is 0. The minimum Gasteiger partial charge on any atom is 0 e. The fourth-order valence-electron chi connectivity index (χ4n) is 0.0948. The minimum atomic E-state index is 0. The van der Waals surface area contributed by atoms with Crippen LogP contribution in [0, 0.1) is 6.58 Å². The fourth-order valence-corrected chi connectivity index (χ4v) is 0.377. The van der Waals surface area contributed by atoms with Gasteiger partial charge in [-0.25, -0.2) is 0 Å². The van der Waals surface area contributed by atoms with Gasteiger partial charge in [-0.2, -0.15) is 0 Å². The first kappa shape index (κ1) is 11.0. The van der Waals surface area contributed by atoms with Crippen LogP contribution in [-0.4, -0.2) is 4.40 Å². The van der Waals surface area contributed by atoms with E-state index < -0.39 is 0 Å². The van der Waals surface area contributed by atoms with Crippen LogP contribution in [-0.2, 0) is 52.1 Å². The molecule has 0 spiro atoms. The van der Waals surface area contributed by atoms with Crippen LogP contribution in [0.4, 0.5) is 0 Å². The summed E-state index contributed by atoms with van der Waals surface area (Å²) >= 11 is 1.32. The first-order chi connectivity index (χ1) is 2.91. The molecule has 0 aromatic rings. The smallest absolute Gasteiger partial charge is 0 e. The molecule has 0 aliphatic rings. The van der Waals surface area contributed by atoms with Gasteiger partial charge in [-0.1, -0.05) is 0 Å². The normalized spacial score (nSPS) is 7.43. The Balaban J connectivity index is 0. The maximum atomic E-state index is 4.97. The van der Waals surface area contributed by atoms with Gasteiger partial charge >= 0.3 is 48.6 Å². The topological polar surface area (TPSA) is 0 Å². The van der Waals surface area contributed by atoms with Crippen LogP contribution in [0.1, 0.15) is 0 Å². The van der Waals surface area contributed by atoms with Gasteiger partial charge in [0.05, 0.1) is 0 Å². The third-order valence-electron chi connectivity index (χ3n) is 0.275. The third-order valence-corrected chi connectivity index (χ3v) is 0.764. The molecule has 0 aromatic heterocycles. The van der Waals surface area contributed by atoms with Gasteiger partial charge in [-0.05, 0) is 0 Å². The van der Waals surface area contributed by atoms with Crippen molar-refractivity contribution in [3.8, 4) is 0 Å². The van der Waals surface area contributed by atoms with Gasteiger partial charge in [0.2, 0.25) is 0 Å². The summed E-state index contributed by atoms with van der Waals surface area (Å²) in [4.78, 5) is 0. The first-order valence-electron chi connectivity index (χ1n) is 1.49. The Morgan fingerprint density at radius 1 is 1.57 bits per heavy atom. The predicted octanol–water partition coefficient (Wildman–Crippen LogP) is 0.755. The van der Waals surface area contributed by atoms with E-state index >= 15 is 0 Å². The molecule has 0 aromatic carbocycles. The van der Waals surface area contributed by atoms with Gasteiger partial charge in [0.15, 0.2) is 0 Å². The Kier molecular flexibility index (Phi) is 16.0. The van der Waals surface area contributed by atoms with E-state index in [2.05, 4.69) is 4.40 Å². The molecule has 0 atom stereocenters. The molecule has 35 valence electrons. The quantitative estimate of drug-likeness (QED) is 0.516. The van der Waals surface area contributed by atoms with E-state index in [1.165, 1.54) is 25.4 Å². The van der Waals surface area contributed by atoms with Crippen LogP contribution < -0.4 is 0 Å². The Morgan fingerprint density at radius 3 is 2.29 bits per heavy atom. The summed E-state index contributed by atoms with van der Waals surface area (Å²) in [6.07, 6.45) is 5.01. The molecule has 2 heteroatoms. The number of allylic oxidation sites excluding steroid dienone is 3. The zero-order valence-electron chi connectivity index (χ0n) is 3.79. The summed E-state index contributed by atoms with van der Waals surface area (Å²) in [6, 6.07) is 0. The maximum absolute atomic E-state index is 4.97. The minimum absolute atomic E-state index is 0. The van der Waals surface area contributed by atoms with E-state index in [1.54, 1.807) is 12.2 Å². The van der Waals surface area contributed by atoms with Crippen molar-refractivity contribution in [2.45, 2.75) is 0 Å². The maximum Gasteiger partial charge on any atom is 0 e. The SMILES string of the molecule is [CH-]=C/C=C\[C-]=[W].[Y]. The molecule has 0 amide bonds. The van der Waals surface area contributed by atoms with Gasteiger partial charge in [-0.3, -0.25) is 0 Å². The summed E-state index contributed by atoms with van der Waals surface area (Å²) in [6.45, 7) is 4.97. The molecule has 0 N–H and O–H groups in total. The monoisotopic (exact) mass is 337 g/mol. The average molecular weight is 337 g/mol. The standard InChI is InChI=1S/C5H4.W.Y/c1-3-5-4-2;;/h1,3-5H;;/q-2;;/b5-4-;;. The van der Waals surface area contributed by atoms with Crippen molar-refractivity contribution >= 4 is 4.40 Å². The summed E-state index contributed by atoms with van der Waals surface area (Å²) in [5.41, 5.74) is 0. The molecule has 0 aliphatic heterocycles. The number of hydrogen-bond acceptors (Lipinski definition) is 0. The molecular formula is C5H4WY-2. The third kappa shape index (κ3) is 11.0. The van der Waals surface area contributed by atoms with E-state index in [4.69, 9.17) is 6.58 Å². The van der Waals surface area contributed by atoms with Crippen molar-refractivity contribution in [3.05, 3.63) is 24.8 Å². The van der Waals surface area contributed by atoms with Crippen LogP contribution in [0.25, 0.3) is 0 Å². The molecule has 0 rings (SSSR count). The second-order valence-electron chi connectivity index (χ2n) is 0.669.